The molecule has 0 bridgehead atoms. The van der Waals surface area contributed by atoms with E-state index in [1.165, 1.54) is 35.5 Å². The Balaban J connectivity index is 1.75. The molecule has 26 heavy (non-hydrogen) atoms. The summed E-state index contributed by atoms with van der Waals surface area (Å²) >= 11 is 0. The molecule has 0 spiro atoms. The molecule has 3 rings (SSSR count). The van der Waals surface area contributed by atoms with Gasteiger partial charge in [-0.1, -0.05) is 12.1 Å². The van der Waals surface area contributed by atoms with Crippen LogP contribution in [-0.4, -0.2) is 37.5 Å². The van der Waals surface area contributed by atoms with Crippen LogP contribution in [-0.2, 0) is 10.0 Å². The second-order valence-electron chi connectivity index (χ2n) is 6.37. The van der Waals surface area contributed by atoms with Gasteiger partial charge < -0.3 is 5.32 Å². The smallest absolute Gasteiger partial charge is 0.255 e. The van der Waals surface area contributed by atoms with Gasteiger partial charge in [-0.05, 0) is 56.2 Å². The molecule has 2 aromatic carbocycles. The summed E-state index contributed by atoms with van der Waals surface area (Å²) in [6, 6.07) is 12.6. The van der Waals surface area contributed by atoms with E-state index in [0.29, 0.717) is 16.8 Å². The molecule has 1 fully saturated rings. The lowest BCUT2D eigenvalue weighted by molar-refractivity contribution is 0.101. The quantitative estimate of drug-likeness (QED) is 0.790. The van der Waals surface area contributed by atoms with Crippen molar-refractivity contribution in [1.82, 2.24) is 4.31 Å². The number of hydrogen-bond donors (Lipinski definition) is 1. The zero-order chi connectivity index (χ0) is 18.9. The normalized spacial score (nSPS) is 14.3. The molecular weight excluding hydrogens is 352 g/mol. The number of nitrogens with zero attached hydrogens (tertiary/aromatic N) is 1. The van der Waals surface area contributed by atoms with Crippen LogP contribution >= 0.6 is 0 Å². The summed E-state index contributed by atoms with van der Waals surface area (Å²) in [5, 5.41) is 2.71. The van der Waals surface area contributed by atoms with Crippen LogP contribution in [0, 0.1) is 0 Å². The van der Waals surface area contributed by atoms with Gasteiger partial charge in [-0.25, -0.2) is 8.42 Å². The van der Waals surface area contributed by atoms with Gasteiger partial charge in [-0.2, -0.15) is 4.31 Å². The number of benzene rings is 2. The lowest BCUT2D eigenvalue weighted by Gasteiger charge is -2.16. The predicted molar refractivity (Wildman–Crippen MR) is 98.8 cm³/mol. The van der Waals surface area contributed by atoms with E-state index in [4.69, 9.17) is 0 Å². The summed E-state index contributed by atoms with van der Waals surface area (Å²) in [5.41, 5.74) is 1.35. The van der Waals surface area contributed by atoms with E-state index in [9.17, 15) is 18.0 Å². The van der Waals surface area contributed by atoms with Gasteiger partial charge in [0, 0.05) is 29.9 Å². The average molecular weight is 372 g/mol. The monoisotopic (exact) mass is 372 g/mol. The van der Waals surface area contributed by atoms with Crippen LogP contribution in [0.3, 0.4) is 0 Å². The molecule has 1 amide bonds. The van der Waals surface area contributed by atoms with Gasteiger partial charge in [0.2, 0.25) is 10.0 Å². The van der Waals surface area contributed by atoms with Crippen molar-refractivity contribution >= 4 is 27.4 Å². The standard InChI is InChI=1S/C19H20N2O4S/c1-13(22)15-4-3-5-16(12-15)20-19(23)14-6-10-18(11-7-14)26(24,25)21(2)17-8-9-17/h3-7,10-12,17H,8-9H2,1-2H3,(H,20,23). The molecular formula is C19H20N2O4S. The first-order chi connectivity index (χ1) is 12.3. The van der Waals surface area contributed by atoms with Gasteiger partial charge in [0.15, 0.2) is 5.78 Å². The van der Waals surface area contributed by atoms with Crippen LogP contribution in [0.5, 0.6) is 0 Å². The van der Waals surface area contributed by atoms with Crippen molar-refractivity contribution in [3.05, 3.63) is 59.7 Å². The van der Waals surface area contributed by atoms with E-state index < -0.39 is 10.0 Å². The number of sulfonamides is 1. The summed E-state index contributed by atoms with van der Waals surface area (Å²) in [7, 11) is -1.95. The van der Waals surface area contributed by atoms with Gasteiger partial charge in [-0.15, -0.1) is 0 Å². The number of carbonyl (C=O) groups is 2. The maximum absolute atomic E-state index is 12.5. The van der Waals surface area contributed by atoms with E-state index in [0.717, 1.165) is 12.8 Å². The number of hydrogen-bond acceptors (Lipinski definition) is 4. The highest BCUT2D eigenvalue weighted by molar-refractivity contribution is 7.89. The number of anilines is 1. The largest absolute Gasteiger partial charge is 0.322 e. The minimum Gasteiger partial charge on any atom is -0.322 e. The van der Waals surface area contributed by atoms with E-state index >= 15 is 0 Å². The highest BCUT2D eigenvalue weighted by Gasteiger charge is 2.34. The van der Waals surface area contributed by atoms with Crippen LogP contribution in [0.1, 0.15) is 40.5 Å². The highest BCUT2D eigenvalue weighted by atomic mass is 32.2. The lowest BCUT2D eigenvalue weighted by atomic mass is 10.1. The lowest BCUT2D eigenvalue weighted by Crippen LogP contribution is -2.29. The fourth-order valence-electron chi connectivity index (χ4n) is 2.60. The van der Waals surface area contributed by atoms with Crippen LogP contribution in [0.25, 0.3) is 0 Å². The Bertz CT molecular complexity index is 948. The van der Waals surface area contributed by atoms with Gasteiger partial charge in [-0.3, -0.25) is 9.59 Å². The van der Waals surface area contributed by atoms with Crippen molar-refractivity contribution in [3.8, 4) is 0 Å². The molecule has 1 aliphatic carbocycles. The Morgan fingerprint density at radius 3 is 2.27 bits per heavy atom. The second kappa shape index (κ2) is 7.01. The molecule has 0 heterocycles. The number of rotatable bonds is 6. The maximum Gasteiger partial charge on any atom is 0.255 e. The zero-order valence-corrected chi connectivity index (χ0v) is 15.4. The molecule has 6 nitrogen and oxygen atoms in total. The summed E-state index contributed by atoms with van der Waals surface area (Å²) in [5.74, 6) is -0.458. The molecule has 136 valence electrons. The SMILES string of the molecule is CC(=O)c1cccc(NC(=O)c2ccc(S(=O)(=O)N(C)C3CC3)cc2)c1. The zero-order valence-electron chi connectivity index (χ0n) is 14.6. The molecule has 0 atom stereocenters. The molecule has 0 unspecified atom stereocenters. The van der Waals surface area contributed by atoms with E-state index in [2.05, 4.69) is 5.32 Å². The topological polar surface area (TPSA) is 83.5 Å². The summed E-state index contributed by atoms with van der Waals surface area (Å²) < 4.78 is 26.3. The third-order valence-electron chi connectivity index (χ3n) is 4.38. The first-order valence-corrected chi connectivity index (χ1v) is 9.73. The third-order valence-corrected chi connectivity index (χ3v) is 6.31. The van der Waals surface area contributed by atoms with Crippen molar-refractivity contribution in [1.29, 1.82) is 0 Å². The van der Waals surface area contributed by atoms with Crippen molar-refractivity contribution < 1.29 is 18.0 Å². The first kappa shape index (κ1) is 18.3. The van der Waals surface area contributed by atoms with Crippen LogP contribution in [0.2, 0.25) is 0 Å². The van der Waals surface area contributed by atoms with Crippen molar-refractivity contribution in [3.63, 3.8) is 0 Å². The Labute approximate surface area is 152 Å². The Hall–Kier alpha value is -2.51. The van der Waals surface area contributed by atoms with Gasteiger partial charge in [0.1, 0.15) is 0 Å². The number of carbonyl (C=O) groups excluding carboxylic acids is 2. The van der Waals surface area contributed by atoms with Crippen LogP contribution in [0.15, 0.2) is 53.4 Å². The highest BCUT2D eigenvalue weighted by Crippen LogP contribution is 2.30. The molecule has 0 radical (unpaired) electrons. The first-order valence-electron chi connectivity index (χ1n) is 8.29. The van der Waals surface area contributed by atoms with Gasteiger partial charge in [0.25, 0.3) is 5.91 Å². The number of nitrogens with one attached hydrogen (secondary N) is 1. The molecule has 1 saturated carbocycles. The number of Topliss-reactive ketones (excluding diaryl/α,β-unsaturated/α-hetero) is 1. The maximum atomic E-state index is 12.5. The second-order valence-corrected chi connectivity index (χ2v) is 8.37. The van der Waals surface area contributed by atoms with Crippen molar-refractivity contribution in [2.75, 3.05) is 12.4 Å². The fraction of sp³-hybridized carbons (Fsp3) is 0.263. The summed E-state index contributed by atoms with van der Waals surface area (Å²) in [6.45, 7) is 1.46. The van der Waals surface area contributed by atoms with Crippen molar-refractivity contribution in [2.24, 2.45) is 0 Å². The average Bonchev–Trinajstić information content (AvgIpc) is 3.46. The predicted octanol–water partition coefficient (Wildman–Crippen LogP) is 2.92. The molecule has 7 heteroatoms. The summed E-state index contributed by atoms with van der Waals surface area (Å²) in [6.07, 6.45) is 1.77. The Morgan fingerprint density at radius 1 is 1.04 bits per heavy atom. The minimum absolute atomic E-state index is 0.0801. The molecule has 0 aliphatic heterocycles. The van der Waals surface area contributed by atoms with Gasteiger partial charge >= 0.3 is 0 Å². The number of amides is 1. The van der Waals surface area contributed by atoms with E-state index in [1.54, 1.807) is 31.3 Å². The molecule has 0 aromatic heterocycles. The van der Waals surface area contributed by atoms with Gasteiger partial charge in [0.05, 0.1) is 4.90 Å². The van der Waals surface area contributed by atoms with E-state index in [-0.39, 0.29) is 22.6 Å². The summed E-state index contributed by atoms with van der Waals surface area (Å²) in [4.78, 5) is 23.9. The van der Waals surface area contributed by atoms with Crippen molar-refractivity contribution in [2.45, 2.75) is 30.7 Å². The minimum atomic E-state index is -3.53. The number of ketones is 1. The molecule has 0 saturated heterocycles. The van der Waals surface area contributed by atoms with E-state index in [1.807, 2.05) is 0 Å². The Kier molecular flexibility index (Phi) is 4.93. The molecule has 1 aliphatic rings. The molecule has 2 aromatic rings. The third kappa shape index (κ3) is 3.84. The van der Waals surface area contributed by atoms with Crippen LogP contribution in [0.4, 0.5) is 5.69 Å². The fourth-order valence-corrected chi connectivity index (χ4v) is 4.01. The Morgan fingerprint density at radius 2 is 1.69 bits per heavy atom. The molecule has 1 N–H and O–H groups in total. The van der Waals surface area contributed by atoms with Crippen LogP contribution < -0.4 is 5.32 Å².